The summed E-state index contributed by atoms with van der Waals surface area (Å²) >= 11 is 0. The minimum atomic E-state index is -0.967. The number of carboxylic acid groups (broad SMARTS) is 1. The molecule has 0 spiro atoms. The van der Waals surface area contributed by atoms with Crippen molar-refractivity contribution in [1.29, 1.82) is 0 Å². The first-order chi connectivity index (χ1) is 12.6. The molecule has 0 aliphatic rings. The van der Waals surface area contributed by atoms with Crippen LogP contribution in [0.5, 0.6) is 5.75 Å². The van der Waals surface area contributed by atoms with Gasteiger partial charge in [0.2, 0.25) is 0 Å². The molecule has 0 atom stereocenters. The molecule has 26 heavy (non-hydrogen) atoms. The van der Waals surface area contributed by atoms with Crippen molar-refractivity contribution in [3.8, 4) is 5.75 Å². The van der Waals surface area contributed by atoms with Gasteiger partial charge in [0, 0.05) is 12.0 Å². The topological polar surface area (TPSA) is 46.5 Å². The first-order valence-electron chi connectivity index (χ1n) is 8.60. The monoisotopic (exact) mass is 346 g/mol. The predicted molar refractivity (Wildman–Crippen MR) is 103 cm³/mol. The molecule has 0 unspecified atom stereocenters. The fourth-order valence-corrected chi connectivity index (χ4v) is 3.33. The van der Waals surface area contributed by atoms with Crippen molar-refractivity contribution in [1.82, 2.24) is 0 Å². The molecule has 0 saturated carbocycles. The summed E-state index contributed by atoms with van der Waals surface area (Å²) in [5.41, 5.74) is 5.57. The third-order valence-corrected chi connectivity index (χ3v) is 4.60. The summed E-state index contributed by atoms with van der Waals surface area (Å²) in [6.45, 7) is 1.97. The second-order valence-corrected chi connectivity index (χ2v) is 6.36. The van der Waals surface area contributed by atoms with Gasteiger partial charge in [0.25, 0.3) is 0 Å². The van der Waals surface area contributed by atoms with Gasteiger partial charge in [-0.25, -0.2) is 4.79 Å². The largest absolute Gasteiger partial charge is 0.496 e. The number of aromatic carboxylic acids is 1. The quantitative estimate of drug-likeness (QED) is 0.692. The lowest BCUT2D eigenvalue weighted by molar-refractivity contribution is 0.0693. The standard InChI is InChI=1S/C23H22O3/c1-16-13-21(23(24)25)22(26-2)20(15-18-11-7-4-8-12-18)19(16)14-17-9-5-3-6-10-17/h3-13H,14-15H2,1-2H3,(H,24,25). The summed E-state index contributed by atoms with van der Waals surface area (Å²) < 4.78 is 5.56. The predicted octanol–water partition coefficient (Wildman–Crippen LogP) is 4.88. The van der Waals surface area contributed by atoms with E-state index in [9.17, 15) is 9.90 Å². The van der Waals surface area contributed by atoms with Crippen LogP contribution >= 0.6 is 0 Å². The maximum Gasteiger partial charge on any atom is 0.339 e. The van der Waals surface area contributed by atoms with Gasteiger partial charge in [0.05, 0.1) is 7.11 Å². The fraction of sp³-hybridized carbons (Fsp3) is 0.174. The summed E-state index contributed by atoms with van der Waals surface area (Å²) in [5, 5.41) is 9.61. The maximum absolute atomic E-state index is 11.7. The van der Waals surface area contributed by atoms with Crippen LogP contribution in [-0.2, 0) is 12.8 Å². The van der Waals surface area contributed by atoms with Crippen molar-refractivity contribution in [3.05, 3.63) is 100 Å². The number of hydrogen-bond acceptors (Lipinski definition) is 2. The van der Waals surface area contributed by atoms with Gasteiger partial charge in [-0.1, -0.05) is 60.7 Å². The lowest BCUT2D eigenvalue weighted by atomic mass is 9.89. The zero-order valence-electron chi connectivity index (χ0n) is 15.0. The van der Waals surface area contributed by atoms with Crippen molar-refractivity contribution in [2.75, 3.05) is 7.11 Å². The summed E-state index contributed by atoms with van der Waals surface area (Å²) in [6.07, 6.45) is 1.37. The Hall–Kier alpha value is -3.07. The number of aryl methyl sites for hydroxylation is 1. The third-order valence-electron chi connectivity index (χ3n) is 4.60. The van der Waals surface area contributed by atoms with Gasteiger partial charge < -0.3 is 9.84 Å². The third kappa shape index (κ3) is 3.77. The van der Waals surface area contributed by atoms with Gasteiger partial charge in [0.15, 0.2) is 0 Å². The first-order valence-corrected chi connectivity index (χ1v) is 8.60. The van der Waals surface area contributed by atoms with E-state index in [0.29, 0.717) is 12.2 Å². The van der Waals surface area contributed by atoms with Gasteiger partial charge in [-0.05, 0) is 41.7 Å². The molecule has 0 fully saturated rings. The summed E-state index contributed by atoms with van der Waals surface area (Å²) in [6, 6.07) is 22.0. The fourth-order valence-electron chi connectivity index (χ4n) is 3.33. The van der Waals surface area contributed by atoms with E-state index >= 15 is 0 Å². The highest BCUT2D eigenvalue weighted by atomic mass is 16.5. The van der Waals surface area contributed by atoms with Gasteiger partial charge >= 0.3 is 5.97 Å². The molecule has 0 aliphatic carbocycles. The molecule has 0 bridgehead atoms. The second kappa shape index (κ2) is 7.87. The van der Waals surface area contributed by atoms with Crippen LogP contribution < -0.4 is 4.74 Å². The Morgan fingerprint density at radius 3 is 1.85 bits per heavy atom. The van der Waals surface area contributed by atoms with E-state index in [4.69, 9.17) is 4.74 Å². The summed E-state index contributed by atoms with van der Waals surface area (Å²) in [5.74, 6) is -0.511. The highest BCUT2D eigenvalue weighted by Crippen LogP contribution is 2.33. The van der Waals surface area contributed by atoms with E-state index in [1.165, 1.54) is 12.7 Å². The molecule has 3 aromatic carbocycles. The number of hydrogen-bond donors (Lipinski definition) is 1. The molecular weight excluding hydrogens is 324 g/mol. The number of methoxy groups -OCH3 is 1. The van der Waals surface area contributed by atoms with E-state index in [-0.39, 0.29) is 5.56 Å². The van der Waals surface area contributed by atoms with Crippen molar-refractivity contribution in [2.24, 2.45) is 0 Å². The Balaban J connectivity index is 2.16. The van der Waals surface area contributed by atoms with E-state index in [1.807, 2.05) is 43.3 Å². The van der Waals surface area contributed by atoms with Crippen LogP contribution in [0.4, 0.5) is 0 Å². The van der Waals surface area contributed by atoms with Crippen molar-refractivity contribution in [2.45, 2.75) is 19.8 Å². The average molecular weight is 346 g/mol. The van der Waals surface area contributed by atoms with Gasteiger partial charge in [-0.2, -0.15) is 0 Å². The second-order valence-electron chi connectivity index (χ2n) is 6.36. The van der Waals surface area contributed by atoms with Crippen LogP contribution in [0.3, 0.4) is 0 Å². The normalized spacial score (nSPS) is 10.5. The highest BCUT2D eigenvalue weighted by molar-refractivity contribution is 5.92. The molecule has 0 heterocycles. The van der Waals surface area contributed by atoms with Crippen molar-refractivity contribution < 1.29 is 14.6 Å². The minimum absolute atomic E-state index is 0.216. The van der Waals surface area contributed by atoms with Crippen molar-refractivity contribution >= 4 is 5.97 Å². The van der Waals surface area contributed by atoms with E-state index in [1.54, 1.807) is 6.07 Å². The lowest BCUT2D eigenvalue weighted by Gasteiger charge is -2.19. The smallest absolute Gasteiger partial charge is 0.339 e. The van der Waals surface area contributed by atoms with Gasteiger partial charge in [-0.3, -0.25) is 0 Å². The average Bonchev–Trinajstić information content (AvgIpc) is 2.66. The molecule has 132 valence electrons. The molecular formula is C23H22O3. The molecule has 0 radical (unpaired) electrons. The first kappa shape index (κ1) is 17.7. The van der Waals surface area contributed by atoms with E-state index in [2.05, 4.69) is 24.3 Å². The van der Waals surface area contributed by atoms with Crippen LogP contribution in [0.1, 0.15) is 38.2 Å². The van der Waals surface area contributed by atoms with Gasteiger partial charge in [-0.15, -0.1) is 0 Å². The lowest BCUT2D eigenvalue weighted by Crippen LogP contribution is -2.09. The Bertz CT molecular complexity index is 900. The number of rotatable bonds is 6. The van der Waals surface area contributed by atoms with E-state index < -0.39 is 5.97 Å². The Morgan fingerprint density at radius 1 is 0.885 bits per heavy atom. The maximum atomic E-state index is 11.7. The van der Waals surface area contributed by atoms with E-state index in [0.717, 1.165) is 28.7 Å². The van der Waals surface area contributed by atoms with Gasteiger partial charge in [0.1, 0.15) is 11.3 Å². The molecule has 0 aromatic heterocycles. The number of carboxylic acids is 1. The van der Waals surface area contributed by atoms with Crippen LogP contribution in [0.2, 0.25) is 0 Å². The number of benzene rings is 3. The van der Waals surface area contributed by atoms with Crippen LogP contribution in [0.25, 0.3) is 0 Å². The van der Waals surface area contributed by atoms with Crippen molar-refractivity contribution in [3.63, 3.8) is 0 Å². The molecule has 0 aliphatic heterocycles. The molecule has 3 heteroatoms. The highest BCUT2D eigenvalue weighted by Gasteiger charge is 2.21. The Labute approximate surface area is 153 Å². The summed E-state index contributed by atoms with van der Waals surface area (Å²) in [7, 11) is 1.54. The van der Waals surface area contributed by atoms with Crippen LogP contribution in [0.15, 0.2) is 66.7 Å². The van der Waals surface area contributed by atoms with Crippen LogP contribution in [0, 0.1) is 6.92 Å². The zero-order valence-corrected chi connectivity index (χ0v) is 15.0. The minimum Gasteiger partial charge on any atom is -0.496 e. The molecule has 0 saturated heterocycles. The molecule has 3 rings (SSSR count). The Kier molecular flexibility index (Phi) is 5.37. The number of ether oxygens (including phenoxy) is 1. The molecule has 3 aromatic rings. The SMILES string of the molecule is COc1c(C(=O)O)cc(C)c(Cc2ccccc2)c1Cc1ccccc1. The molecule has 0 amide bonds. The zero-order chi connectivity index (χ0) is 18.5. The number of carbonyl (C=O) groups is 1. The molecule has 3 nitrogen and oxygen atoms in total. The Morgan fingerprint density at radius 2 is 1.38 bits per heavy atom. The summed E-state index contributed by atoms with van der Waals surface area (Å²) in [4.78, 5) is 11.7. The van der Waals surface area contributed by atoms with Crippen LogP contribution in [-0.4, -0.2) is 18.2 Å². The molecule has 1 N–H and O–H groups in total.